The molecule has 0 unspecified atom stereocenters. The third-order valence-electron chi connectivity index (χ3n) is 6.11. The smallest absolute Gasteiger partial charge is 0.261 e. The van der Waals surface area contributed by atoms with Crippen molar-refractivity contribution in [2.24, 2.45) is 5.10 Å². The van der Waals surface area contributed by atoms with Gasteiger partial charge in [-0.3, -0.25) is 4.79 Å². The fraction of sp³-hybridized carbons (Fsp3) is 0.0714. The lowest BCUT2D eigenvalue weighted by Crippen LogP contribution is -2.14. The first-order valence-corrected chi connectivity index (χ1v) is 11.5. The number of aromatic amines is 1. The molecule has 8 heteroatoms. The highest BCUT2D eigenvalue weighted by molar-refractivity contribution is 6.16. The number of hydrogen-bond donors (Lipinski definition) is 3. The predicted molar refractivity (Wildman–Crippen MR) is 145 cm³/mol. The second-order valence-electron chi connectivity index (χ2n) is 8.82. The SMILES string of the molecule is Cc1cc(C)cc(NC(=O)c2c(N)n(/N=C\c3c[nH]c4ccccc34)c3nc4ccccc4nc23)c1. The highest BCUT2D eigenvalue weighted by Gasteiger charge is 2.24. The molecule has 1 amide bonds. The Labute approximate surface area is 206 Å². The van der Waals surface area contributed by atoms with Crippen molar-refractivity contribution < 1.29 is 4.79 Å². The number of para-hydroxylation sites is 3. The van der Waals surface area contributed by atoms with Crippen LogP contribution in [-0.2, 0) is 0 Å². The molecule has 0 spiro atoms. The number of nitrogens with two attached hydrogens (primary N) is 1. The summed E-state index contributed by atoms with van der Waals surface area (Å²) in [5.74, 6) is -0.202. The first-order valence-electron chi connectivity index (χ1n) is 11.5. The fourth-order valence-corrected chi connectivity index (χ4v) is 4.55. The van der Waals surface area contributed by atoms with Gasteiger partial charge in [-0.1, -0.05) is 36.4 Å². The molecule has 176 valence electrons. The summed E-state index contributed by atoms with van der Waals surface area (Å²) >= 11 is 0. The number of amides is 1. The minimum Gasteiger partial charge on any atom is -0.383 e. The van der Waals surface area contributed by atoms with Crippen LogP contribution in [0.3, 0.4) is 0 Å². The molecule has 3 aromatic heterocycles. The third kappa shape index (κ3) is 3.65. The molecule has 3 aromatic carbocycles. The van der Waals surface area contributed by atoms with E-state index < -0.39 is 0 Å². The van der Waals surface area contributed by atoms with Crippen molar-refractivity contribution in [2.75, 3.05) is 11.1 Å². The molecule has 0 fully saturated rings. The van der Waals surface area contributed by atoms with Crippen molar-refractivity contribution in [1.29, 1.82) is 0 Å². The van der Waals surface area contributed by atoms with E-state index in [0.717, 1.165) is 27.6 Å². The molecule has 3 heterocycles. The van der Waals surface area contributed by atoms with E-state index >= 15 is 0 Å². The molecule has 0 aliphatic heterocycles. The number of fused-ring (bicyclic) bond motifs is 3. The topological polar surface area (TPSA) is 114 Å². The molecule has 0 bridgehead atoms. The highest BCUT2D eigenvalue weighted by Crippen LogP contribution is 2.29. The Morgan fingerprint density at radius 2 is 1.69 bits per heavy atom. The van der Waals surface area contributed by atoms with E-state index in [-0.39, 0.29) is 17.3 Å². The molecule has 0 saturated carbocycles. The molecular formula is C28H23N7O. The van der Waals surface area contributed by atoms with Gasteiger partial charge in [0.1, 0.15) is 16.9 Å². The summed E-state index contributed by atoms with van der Waals surface area (Å²) < 4.78 is 1.48. The molecule has 36 heavy (non-hydrogen) atoms. The van der Waals surface area contributed by atoms with Crippen LogP contribution in [0.1, 0.15) is 27.0 Å². The van der Waals surface area contributed by atoms with Gasteiger partial charge in [0, 0.05) is 28.4 Å². The zero-order chi connectivity index (χ0) is 24.8. The van der Waals surface area contributed by atoms with Crippen LogP contribution in [0.2, 0.25) is 0 Å². The molecule has 6 aromatic rings. The Morgan fingerprint density at radius 3 is 2.47 bits per heavy atom. The van der Waals surface area contributed by atoms with E-state index in [1.807, 2.05) is 86.8 Å². The number of nitrogens with zero attached hydrogens (tertiary/aromatic N) is 4. The number of benzene rings is 3. The Balaban J connectivity index is 1.51. The van der Waals surface area contributed by atoms with Crippen molar-refractivity contribution in [1.82, 2.24) is 19.6 Å². The molecule has 6 rings (SSSR count). The largest absolute Gasteiger partial charge is 0.383 e. The van der Waals surface area contributed by atoms with Gasteiger partial charge in [0.05, 0.1) is 17.2 Å². The van der Waals surface area contributed by atoms with Gasteiger partial charge in [-0.15, -0.1) is 0 Å². The number of anilines is 2. The van der Waals surface area contributed by atoms with Crippen molar-refractivity contribution in [3.63, 3.8) is 0 Å². The van der Waals surface area contributed by atoms with E-state index in [1.54, 1.807) is 6.21 Å². The van der Waals surface area contributed by atoms with Crippen LogP contribution < -0.4 is 11.1 Å². The molecule has 0 radical (unpaired) electrons. The van der Waals surface area contributed by atoms with Gasteiger partial charge in [-0.25, -0.2) is 9.97 Å². The first-order chi connectivity index (χ1) is 17.5. The quantitative estimate of drug-likeness (QED) is 0.297. The van der Waals surface area contributed by atoms with E-state index in [1.165, 1.54) is 4.68 Å². The zero-order valence-electron chi connectivity index (χ0n) is 19.8. The fourth-order valence-electron chi connectivity index (χ4n) is 4.55. The van der Waals surface area contributed by atoms with Crippen molar-refractivity contribution >= 4 is 56.7 Å². The van der Waals surface area contributed by atoms with Crippen LogP contribution in [0.15, 0.2) is 78.0 Å². The van der Waals surface area contributed by atoms with E-state index in [4.69, 9.17) is 15.7 Å². The second-order valence-corrected chi connectivity index (χ2v) is 8.82. The van der Waals surface area contributed by atoms with Crippen molar-refractivity contribution in [3.05, 3.63) is 95.2 Å². The van der Waals surface area contributed by atoms with E-state index in [0.29, 0.717) is 27.9 Å². The predicted octanol–water partition coefficient (Wildman–Crippen LogP) is 5.40. The van der Waals surface area contributed by atoms with Crippen molar-refractivity contribution in [3.8, 4) is 0 Å². The van der Waals surface area contributed by atoms with Gasteiger partial charge in [-0.2, -0.15) is 9.78 Å². The number of hydrogen-bond acceptors (Lipinski definition) is 5. The number of rotatable bonds is 4. The number of carbonyl (C=O) groups is 1. The second kappa shape index (κ2) is 8.35. The monoisotopic (exact) mass is 473 g/mol. The average molecular weight is 474 g/mol. The Morgan fingerprint density at radius 1 is 1.00 bits per heavy atom. The van der Waals surface area contributed by atoms with Crippen LogP contribution in [0.4, 0.5) is 11.5 Å². The molecule has 4 N–H and O–H groups in total. The lowest BCUT2D eigenvalue weighted by molar-refractivity contribution is 0.102. The van der Waals surface area contributed by atoms with Crippen LogP contribution in [0.5, 0.6) is 0 Å². The Bertz CT molecular complexity index is 1810. The molecule has 0 aliphatic rings. The maximum Gasteiger partial charge on any atom is 0.261 e. The Hall–Kier alpha value is -4.98. The van der Waals surface area contributed by atoms with Crippen LogP contribution in [0.25, 0.3) is 33.1 Å². The van der Waals surface area contributed by atoms with Gasteiger partial charge < -0.3 is 16.0 Å². The maximum absolute atomic E-state index is 13.5. The summed E-state index contributed by atoms with van der Waals surface area (Å²) in [5.41, 5.74) is 13.6. The van der Waals surface area contributed by atoms with Gasteiger partial charge in [0.15, 0.2) is 5.65 Å². The molecule has 0 saturated heterocycles. The lowest BCUT2D eigenvalue weighted by Gasteiger charge is -2.07. The standard InChI is InChI=1S/C28H23N7O/c1-16-11-17(2)13-19(12-16)32-28(36)24-25-27(34-23-10-6-5-9-22(23)33-25)35(26(24)29)31-15-18-14-30-21-8-4-3-7-20(18)21/h3-15,30H,29H2,1-2H3,(H,32,36)/b31-15-. The van der Waals surface area contributed by atoms with Gasteiger partial charge >= 0.3 is 0 Å². The van der Waals surface area contributed by atoms with Gasteiger partial charge in [0.2, 0.25) is 0 Å². The maximum atomic E-state index is 13.5. The summed E-state index contributed by atoms with van der Waals surface area (Å²) in [4.78, 5) is 26.2. The normalized spacial score (nSPS) is 11.7. The number of carbonyl (C=O) groups excluding carboxylic acids is 1. The minimum atomic E-state index is -0.367. The first kappa shape index (κ1) is 21.5. The van der Waals surface area contributed by atoms with Gasteiger partial charge in [-0.05, 0) is 55.3 Å². The average Bonchev–Trinajstić information content (AvgIpc) is 3.38. The third-order valence-corrected chi connectivity index (χ3v) is 6.11. The van der Waals surface area contributed by atoms with Crippen LogP contribution >= 0.6 is 0 Å². The summed E-state index contributed by atoms with van der Waals surface area (Å²) in [6, 6.07) is 21.3. The van der Waals surface area contributed by atoms with E-state index in [2.05, 4.69) is 15.4 Å². The molecular weight excluding hydrogens is 450 g/mol. The van der Waals surface area contributed by atoms with Crippen LogP contribution in [-0.4, -0.2) is 31.7 Å². The molecule has 8 nitrogen and oxygen atoms in total. The number of nitrogens with one attached hydrogen (secondary N) is 2. The summed E-state index contributed by atoms with van der Waals surface area (Å²) in [7, 11) is 0. The van der Waals surface area contributed by atoms with E-state index in [9.17, 15) is 4.79 Å². The highest BCUT2D eigenvalue weighted by atomic mass is 16.1. The van der Waals surface area contributed by atoms with Crippen molar-refractivity contribution in [2.45, 2.75) is 13.8 Å². The lowest BCUT2D eigenvalue weighted by atomic mass is 10.1. The molecule has 0 aliphatic carbocycles. The number of aryl methyl sites for hydroxylation is 2. The van der Waals surface area contributed by atoms with Gasteiger partial charge in [0.25, 0.3) is 5.91 Å². The zero-order valence-corrected chi connectivity index (χ0v) is 19.8. The number of H-pyrrole nitrogens is 1. The number of nitrogen functional groups attached to an aromatic ring is 1. The Kier molecular flexibility index (Phi) is 5.00. The molecule has 0 atom stereocenters. The summed E-state index contributed by atoms with van der Waals surface area (Å²) in [6.45, 7) is 3.97. The number of aromatic nitrogens is 4. The summed E-state index contributed by atoms with van der Waals surface area (Å²) in [5, 5.41) is 8.64. The van der Waals surface area contributed by atoms with Crippen LogP contribution in [0, 0.1) is 13.8 Å². The minimum absolute atomic E-state index is 0.165. The summed E-state index contributed by atoms with van der Waals surface area (Å²) in [6.07, 6.45) is 3.59.